The van der Waals surface area contributed by atoms with Crippen LogP contribution in [0.4, 0.5) is 4.79 Å². The number of benzene rings is 3. The van der Waals surface area contributed by atoms with Gasteiger partial charge in [-0.15, -0.1) is 0 Å². The van der Waals surface area contributed by atoms with Gasteiger partial charge in [-0.3, -0.25) is 4.79 Å². The van der Waals surface area contributed by atoms with Gasteiger partial charge in [-0.1, -0.05) is 68.4 Å². The van der Waals surface area contributed by atoms with Gasteiger partial charge in [-0.2, -0.15) is 0 Å². The van der Waals surface area contributed by atoms with Crippen molar-refractivity contribution in [2.75, 3.05) is 13.7 Å². The number of methoxy groups -OCH3 is 1. The first kappa shape index (κ1) is 27.9. The molecular weight excluding hydrogens is 615 g/mol. The minimum Gasteiger partial charge on any atom is -0.453 e. The van der Waals surface area contributed by atoms with Crippen LogP contribution in [0.3, 0.4) is 0 Å². The maximum atomic E-state index is 13.5. The molecule has 0 bridgehead atoms. The second kappa shape index (κ2) is 12.2. The van der Waals surface area contributed by atoms with Crippen molar-refractivity contribution < 1.29 is 14.3 Å². The van der Waals surface area contributed by atoms with Crippen molar-refractivity contribution in [2.45, 2.75) is 38.8 Å². The summed E-state index contributed by atoms with van der Waals surface area (Å²) >= 11 is 2.39. The highest BCUT2D eigenvalue weighted by molar-refractivity contribution is 14.1. The number of rotatable bonds is 7. The standard InChI is InChI=1S/C32H33IN4O3/c1-20(2)29(36-32(39)40-3)31(38)37-16-8-13-28(37)30-34-19-27(35-30)24-14-15-26(33)25(18-24)23-12-7-11-22(17-23)21-9-5-4-6-10-21/h4-7,9-12,14-15,17-20,28-29H,8,13,16H2,1-3H3,(H,34,35)(H,36,39)/t28-,29-/m0/s1. The summed E-state index contributed by atoms with van der Waals surface area (Å²) in [5.41, 5.74) is 6.60. The number of carbonyl (C=O) groups excluding carboxylic acids is 2. The number of amides is 2. The fourth-order valence-corrected chi connectivity index (χ4v) is 5.90. The molecule has 0 aliphatic carbocycles. The highest BCUT2D eigenvalue weighted by atomic mass is 127. The van der Waals surface area contributed by atoms with E-state index in [9.17, 15) is 9.59 Å². The van der Waals surface area contributed by atoms with E-state index in [1.54, 1.807) is 0 Å². The Bertz CT molecular complexity index is 1500. The third-order valence-corrected chi connectivity index (χ3v) is 8.34. The lowest BCUT2D eigenvalue weighted by molar-refractivity contribution is -0.135. The average molecular weight is 649 g/mol. The number of ether oxygens (including phenoxy) is 1. The number of imidazole rings is 1. The summed E-state index contributed by atoms with van der Waals surface area (Å²) in [7, 11) is 1.30. The molecule has 8 heteroatoms. The van der Waals surface area contributed by atoms with Crippen molar-refractivity contribution in [2.24, 2.45) is 5.92 Å². The molecule has 1 aliphatic rings. The largest absolute Gasteiger partial charge is 0.453 e. The van der Waals surface area contributed by atoms with Gasteiger partial charge in [0.05, 0.1) is 25.0 Å². The van der Waals surface area contributed by atoms with Gasteiger partial charge < -0.3 is 19.9 Å². The molecule has 0 radical (unpaired) electrons. The summed E-state index contributed by atoms with van der Waals surface area (Å²) in [5.74, 6) is 0.564. The van der Waals surface area contributed by atoms with Crippen LogP contribution in [-0.4, -0.2) is 46.6 Å². The van der Waals surface area contributed by atoms with Gasteiger partial charge in [0.15, 0.2) is 0 Å². The van der Waals surface area contributed by atoms with Crippen LogP contribution in [0.1, 0.15) is 38.6 Å². The van der Waals surface area contributed by atoms with Gasteiger partial charge >= 0.3 is 6.09 Å². The summed E-state index contributed by atoms with van der Waals surface area (Å²) in [4.78, 5) is 35.4. The average Bonchev–Trinajstić information content (AvgIpc) is 3.66. The van der Waals surface area contributed by atoms with E-state index in [1.165, 1.54) is 18.2 Å². The molecule has 0 saturated carbocycles. The third-order valence-electron chi connectivity index (χ3n) is 7.40. The maximum absolute atomic E-state index is 13.5. The highest BCUT2D eigenvalue weighted by Gasteiger charge is 2.37. The molecule has 7 nitrogen and oxygen atoms in total. The number of carbonyl (C=O) groups is 2. The highest BCUT2D eigenvalue weighted by Crippen LogP contribution is 2.35. The molecule has 1 aliphatic heterocycles. The van der Waals surface area contributed by atoms with Crippen LogP contribution < -0.4 is 5.32 Å². The number of hydrogen-bond acceptors (Lipinski definition) is 4. The lowest BCUT2D eigenvalue weighted by Crippen LogP contribution is -2.51. The van der Waals surface area contributed by atoms with E-state index in [0.717, 1.165) is 44.6 Å². The van der Waals surface area contributed by atoms with Gasteiger partial charge in [0.25, 0.3) is 0 Å². The zero-order valence-electron chi connectivity index (χ0n) is 22.9. The van der Waals surface area contributed by atoms with Gasteiger partial charge in [0, 0.05) is 15.7 Å². The summed E-state index contributed by atoms with van der Waals surface area (Å²) in [6, 6.07) is 24.6. The Balaban J connectivity index is 1.40. The number of likely N-dealkylation sites (tertiary alicyclic amines) is 1. The van der Waals surface area contributed by atoms with Crippen LogP contribution in [0.15, 0.2) is 79.0 Å². The number of aromatic amines is 1. The number of nitrogens with zero attached hydrogens (tertiary/aromatic N) is 2. The molecule has 3 aromatic carbocycles. The van der Waals surface area contributed by atoms with Crippen LogP contribution in [0.25, 0.3) is 33.5 Å². The van der Waals surface area contributed by atoms with E-state index in [0.29, 0.717) is 6.54 Å². The quantitative estimate of drug-likeness (QED) is 0.210. The second-order valence-corrected chi connectivity index (χ2v) is 11.5. The molecule has 1 fully saturated rings. The Kier molecular flexibility index (Phi) is 8.54. The zero-order valence-corrected chi connectivity index (χ0v) is 25.0. The van der Waals surface area contributed by atoms with Crippen LogP contribution in [0.5, 0.6) is 0 Å². The fraction of sp³-hybridized carbons (Fsp3) is 0.281. The van der Waals surface area contributed by atoms with Gasteiger partial charge in [-0.25, -0.2) is 9.78 Å². The van der Waals surface area contributed by atoms with Crippen molar-refractivity contribution in [1.82, 2.24) is 20.2 Å². The van der Waals surface area contributed by atoms with Crippen molar-refractivity contribution in [3.63, 3.8) is 0 Å². The number of hydrogen-bond donors (Lipinski definition) is 2. The van der Waals surface area contributed by atoms with Gasteiger partial charge in [-0.05, 0) is 81.8 Å². The first-order valence-corrected chi connectivity index (χ1v) is 14.6. The number of alkyl carbamates (subject to hydrolysis) is 1. The number of H-pyrrole nitrogens is 1. The third kappa shape index (κ3) is 5.91. The number of halogens is 1. The molecule has 2 amide bonds. The van der Waals surface area contributed by atoms with Crippen LogP contribution in [0.2, 0.25) is 0 Å². The Morgan fingerprint density at radius 1 is 1.00 bits per heavy atom. The second-order valence-electron chi connectivity index (χ2n) is 10.4. The van der Waals surface area contributed by atoms with Crippen LogP contribution in [-0.2, 0) is 9.53 Å². The monoisotopic (exact) mass is 648 g/mol. The minimum atomic E-state index is -0.659. The SMILES string of the molecule is COC(=O)N[C@H](C(=O)N1CCC[C@H]1c1ncc(-c2ccc(I)c(-c3cccc(-c4ccccc4)c3)c2)[nH]1)C(C)C. The fourth-order valence-electron chi connectivity index (χ4n) is 5.26. The first-order chi connectivity index (χ1) is 19.4. The number of aromatic nitrogens is 2. The summed E-state index contributed by atoms with van der Waals surface area (Å²) in [6.45, 7) is 4.45. The Morgan fingerprint density at radius 2 is 1.75 bits per heavy atom. The zero-order chi connectivity index (χ0) is 28.2. The molecule has 2 heterocycles. The molecule has 1 aromatic heterocycles. The molecule has 206 valence electrons. The van der Waals surface area contributed by atoms with E-state index in [1.807, 2.05) is 31.0 Å². The molecule has 2 N–H and O–H groups in total. The molecule has 0 spiro atoms. The molecule has 4 aromatic rings. The summed E-state index contributed by atoms with van der Waals surface area (Å²) < 4.78 is 5.91. The predicted octanol–water partition coefficient (Wildman–Crippen LogP) is 7.06. The van der Waals surface area contributed by atoms with E-state index in [-0.39, 0.29) is 17.9 Å². The molecule has 0 unspecified atom stereocenters. The van der Waals surface area contributed by atoms with Gasteiger partial charge in [0.1, 0.15) is 11.9 Å². The molecule has 2 atom stereocenters. The molecule has 5 rings (SSSR count). The van der Waals surface area contributed by atoms with Crippen molar-refractivity contribution in [3.05, 3.63) is 88.4 Å². The lowest BCUT2D eigenvalue weighted by atomic mass is 9.97. The van der Waals surface area contributed by atoms with Crippen LogP contribution >= 0.6 is 22.6 Å². The normalized spacial score (nSPS) is 15.7. The summed E-state index contributed by atoms with van der Waals surface area (Å²) in [6.07, 6.45) is 2.93. The predicted molar refractivity (Wildman–Crippen MR) is 165 cm³/mol. The van der Waals surface area contributed by atoms with Gasteiger partial charge in [0.2, 0.25) is 5.91 Å². The molecule has 1 saturated heterocycles. The number of nitrogens with one attached hydrogen (secondary N) is 2. The van der Waals surface area contributed by atoms with E-state index in [2.05, 4.69) is 99.6 Å². The minimum absolute atomic E-state index is 0.0781. The Labute approximate surface area is 248 Å². The molecular formula is C32H33IN4O3. The molecule has 40 heavy (non-hydrogen) atoms. The Hall–Kier alpha value is -3.66. The van der Waals surface area contributed by atoms with E-state index >= 15 is 0 Å². The van der Waals surface area contributed by atoms with E-state index < -0.39 is 12.1 Å². The maximum Gasteiger partial charge on any atom is 0.407 e. The Morgan fingerprint density at radius 3 is 2.50 bits per heavy atom. The van der Waals surface area contributed by atoms with Crippen LogP contribution in [0, 0.1) is 9.49 Å². The van der Waals surface area contributed by atoms with E-state index in [4.69, 9.17) is 9.72 Å². The summed E-state index contributed by atoms with van der Waals surface area (Å²) in [5, 5.41) is 2.70. The smallest absolute Gasteiger partial charge is 0.407 e. The lowest BCUT2D eigenvalue weighted by Gasteiger charge is -2.30. The first-order valence-electron chi connectivity index (χ1n) is 13.5. The van der Waals surface area contributed by atoms with Crippen molar-refractivity contribution in [1.29, 1.82) is 0 Å². The van der Waals surface area contributed by atoms with Crippen molar-refractivity contribution >= 4 is 34.6 Å². The topological polar surface area (TPSA) is 87.3 Å². The van der Waals surface area contributed by atoms with Crippen molar-refractivity contribution in [3.8, 4) is 33.5 Å².